The van der Waals surface area contributed by atoms with Gasteiger partial charge in [-0.25, -0.2) is 18.7 Å². The molecule has 0 saturated heterocycles. The first-order chi connectivity index (χ1) is 20.6. The Hall–Kier alpha value is -4.08. The second-order valence-electron chi connectivity index (χ2n) is 9.70. The number of hydrogen-bond donors (Lipinski definition) is 0. The van der Waals surface area contributed by atoms with Crippen molar-refractivity contribution in [1.82, 2.24) is 14.5 Å². The number of benzene rings is 3. The molecular weight excluding hydrogens is 588 g/mol. The molecule has 6 nitrogen and oxygen atoms in total. The van der Waals surface area contributed by atoms with E-state index in [1.54, 1.807) is 49.6 Å². The topological polar surface area (TPSA) is 66.2 Å². The van der Waals surface area contributed by atoms with Gasteiger partial charge in [-0.3, -0.25) is 4.57 Å². The largest absolute Gasteiger partial charge is 0.494 e. The number of pyridine rings is 1. The van der Waals surface area contributed by atoms with Crippen LogP contribution < -0.4 is 4.74 Å². The fraction of sp³-hybridized carbons (Fsp3) is 0.226. The fourth-order valence-corrected chi connectivity index (χ4v) is 5.49. The summed E-state index contributed by atoms with van der Waals surface area (Å²) in [6.45, 7) is 2.60. The highest BCUT2D eigenvalue weighted by molar-refractivity contribution is 7.39. The number of ether oxygens (including phenoxy) is 1. The molecule has 0 N–H and O–H groups in total. The lowest BCUT2D eigenvalue weighted by Gasteiger charge is -2.16. The maximum absolute atomic E-state index is 14.2. The van der Waals surface area contributed by atoms with Gasteiger partial charge in [0.05, 0.1) is 30.0 Å². The van der Waals surface area contributed by atoms with Crippen LogP contribution in [-0.4, -0.2) is 33.9 Å². The molecule has 12 heteroatoms. The molecule has 0 radical (unpaired) electrons. The molecule has 1 unspecified atom stereocenters. The molecule has 0 aromatic heterocycles. The summed E-state index contributed by atoms with van der Waals surface area (Å²) in [6, 6.07) is 16.1. The summed E-state index contributed by atoms with van der Waals surface area (Å²) in [5.74, 6) is -1.85. The Labute approximate surface area is 245 Å². The summed E-state index contributed by atoms with van der Waals surface area (Å²) in [7, 11) is -2.15. The molecule has 0 saturated carbocycles. The first-order valence-electron chi connectivity index (χ1n) is 13.5. The second-order valence-corrected chi connectivity index (χ2v) is 11.2. The normalized spacial score (nSPS) is 12.5. The molecule has 0 amide bonds. The summed E-state index contributed by atoms with van der Waals surface area (Å²) < 4.78 is 93.7. The summed E-state index contributed by atoms with van der Waals surface area (Å²) in [6.07, 6.45) is -0.428. The van der Waals surface area contributed by atoms with Crippen LogP contribution in [0.3, 0.4) is 0 Å². The number of imidazole rings is 1. The minimum atomic E-state index is -4.60. The molecule has 0 spiro atoms. The van der Waals surface area contributed by atoms with Gasteiger partial charge in [0.25, 0.3) is 0 Å². The third kappa shape index (κ3) is 7.29. The third-order valence-electron chi connectivity index (χ3n) is 6.65. The zero-order chi connectivity index (χ0) is 30.6. The molecule has 0 bridgehead atoms. The predicted molar refractivity (Wildman–Crippen MR) is 154 cm³/mol. The number of halogens is 5. The van der Waals surface area contributed by atoms with Crippen molar-refractivity contribution in [3.8, 4) is 39.7 Å². The van der Waals surface area contributed by atoms with Crippen molar-refractivity contribution < 1.29 is 35.8 Å². The molecule has 2 heterocycles. The lowest BCUT2D eigenvalue weighted by Crippen LogP contribution is -2.08. The number of fused-ring (bicyclic) bond motifs is 1. The quantitative estimate of drug-likeness (QED) is 0.0849. The van der Waals surface area contributed by atoms with Gasteiger partial charge in [0.2, 0.25) is 0 Å². The monoisotopic (exact) mass is 615 g/mol. The van der Waals surface area contributed by atoms with Crippen molar-refractivity contribution in [1.29, 1.82) is 0 Å². The average molecular weight is 616 g/mol. The van der Waals surface area contributed by atoms with Gasteiger partial charge in [0.1, 0.15) is 11.4 Å². The summed E-state index contributed by atoms with van der Waals surface area (Å²) in [5.41, 5.74) is 1.38. The zero-order valence-corrected chi connectivity index (χ0v) is 24.0. The molecular formula is C31H27F5N3O3P. The van der Waals surface area contributed by atoms with Crippen LogP contribution in [0.25, 0.3) is 33.9 Å². The molecule has 0 fully saturated rings. The van der Waals surface area contributed by atoms with Gasteiger partial charge in [-0.1, -0.05) is 36.4 Å². The van der Waals surface area contributed by atoms with E-state index in [2.05, 4.69) is 9.97 Å². The van der Waals surface area contributed by atoms with E-state index in [1.165, 1.54) is 24.3 Å². The molecule has 5 rings (SSSR count). The number of nitrogens with zero attached hydrogens (tertiary/aromatic N) is 3. The highest BCUT2D eigenvalue weighted by atomic mass is 31.1. The van der Waals surface area contributed by atoms with Crippen LogP contribution in [0.1, 0.15) is 24.5 Å². The van der Waals surface area contributed by atoms with Crippen LogP contribution in [0.2, 0.25) is 0 Å². The third-order valence-corrected chi connectivity index (χ3v) is 8.02. The Morgan fingerprint density at radius 2 is 1.70 bits per heavy atom. The van der Waals surface area contributed by atoms with E-state index in [0.717, 1.165) is 17.7 Å². The van der Waals surface area contributed by atoms with Crippen LogP contribution in [0, 0.1) is 11.6 Å². The van der Waals surface area contributed by atoms with Crippen molar-refractivity contribution in [2.24, 2.45) is 0 Å². The molecule has 2 aliphatic heterocycles. The van der Waals surface area contributed by atoms with Crippen LogP contribution in [0.15, 0.2) is 79.1 Å². The van der Waals surface area contributed by atoms with E-state index in [-0.39, 0.29) is 29.3 Å². The number of aromatic nitrogens is 3. The molecule has 3 aromatic rings. The van der Waals surface area contributed by atoms with Gasteiger partial charge in [-0.15, -0.1) is 0 Å². The minimum absolute atomic E-state index is 0.0195. The van der Waals surface area contributed by atoms with Crippen molar-refractivity contribution in [3.05, 3.63) is 102 Å². The van der Waals surface area contributed by atoms with E-state index in [0.29, 0.717) is 42.7 Å². The van der Waals surface area contributed by atoms with E-state index < -0.39 is 31.4 Å². The van der Waals surface area contributed by atoms with Crippen LogP contribution in [-0.2, 0) is 21.8 Å². The summed E-state index contributed by atoms with van der Waals surface area (Å²) in [4.78, 5) is 8.64. The molecule has 3 aromatic carbocycles. The van der Waals surface area contributed by atoms with Crippen LogP contribution in [0.4, 0.5) is 22.0 Å². The predicted octanol–water partition coefficient (Wildman–Crippen LogP) is 8.34. The van der Waals surface area contributed by atoms with Gasteiger partial charge in [0, 0.05) is 25.1 Å². The molecule has 2 aliphatic rings. The van der Waals surface area contributed by atoms with Crippen LogP contribution >= 0.6 is 8.03 Å². The van der Waals surface area contributed by atoms with Crippen molar-refractivity contribution >= 4 is 8.03 Å². The Kier molecular flexibility index (Phi) is 9.22. The molecule has 0 aliphatic carbocycles. The lowest BCUT2D eigenvalue weighted by atomic mass is 9.98. The molecule has 43 heavy (non-hydrogen) atoms. The van der Waals surface area contributed by atoms with Gasteiger partial charge >= 0.3 is 6.18 Å². The van der Waals surface area contributed by atoms with E-state index in [1.807, 2.05) is 4.57 Å². The first kappa shape index (κ1) is 30.4. The molecule has 224 valence electrons. The smallest absolute Gasteiger partial charge is 0.417 e. The van der Waals surface area contributed by atoms with Gasteiger partial charge in [-0.05, 0) is 60.4 Å². The van der Waals surface area contributed by atoms with Crippen LogP contribution in [0.5, 0.6) is 5.75 Å². The van der Waals surface area contributed by atoms with Gasteiger partial charge < -0.3 is 13.8 Å². The second kappa shape index (κ2) is 13.1. The average Bonchev–Trinajstić information content (AvgIpc) is 3.40. The van der Waals surface area contributed by atoms with E-state index in [9.17, 15) is 26.5 Å². The Bertz CT molecular complexity index is 1710. The standard InChI is InChI=1S/C31H27F5N3O3P/c1-2-42-43(40)16-4-15-41-22-11-12-23(25(17-22)31(34,35)36)21-9-7-20(8-10-21)18-39-14-13-27-28(19-39)38-30(37-27)24-5-3-6-26(32)29(24)33/h3,5-14,17,19,43H,2,4,15-16,18H2,1H3. The highest BCUT2D eigenvalue weighted by Crippen LogP contribution is 2.39. The maximum Gasteiger partial charge on any atom is 0.417 e. The lowest BCUT2D eigenvalue weighted by molar-refractivity contribution is -0.137. The molecule has 1 atom stereocenters. The number of alkyl halides is 3. The number of rotatable bonds is 11. The zero-order valence-electron chi connectivity index (χ0n) is 23.0. The first-order valence-corrected chi connectivity index (χ1v) is 15.0. The highest BCUT2D eigenvalue weighted by Gasteiger charge is 2.34. The maximum atomic E-state index is 14.2. The van der Waals surface area contributed by atoms with Gasteiger partial charge in [-0.2, -0.15) is 13.2 Å². The van der Waals surface area contributed by atoms with Crippen molar-refractivity contribution in [3.63, 3.8) is 0 Å². The minimum Gasteiger partial charge on any atom is -0.494 e. The van der Waals surface area contributed by atoms with Crippen molar-refractivity contribution in [2.75, 3.05) is 19.4 Å². The summed E-state index contributed by atoms with van der Waals surface area (Å²) >= 11 is 0. The van der Waals surface area contributed by atoms with E-state index >= 15 is 0 Å². The summed E-state index contributed by atoms with van der Waals surface area (Å²) in [5, 5.41) is 0. The number of hydrogen-bond acceptors (Lipinski definition) is 5. The van der Waals surface area contributed by atoms with E-state index in [4.69, 9.17) is 9.26 Å². The SMILES string of the molecule is CCO[PH](=O)CCCOc1ccc(-c2ccc(Cn3ccc4nc(-c5cccc(F)c5F)nc-4c3)cc2)c(C(F)(F)F)c1. The van der Waals surface area contributed by atoms with Gasteiger partial charge in [0.15, 0.2) is 25.5 Å². The van der Waals surface area contributed by atoms with Crippen molar-refractivity contribution in [2.45, 2.75) is 26.1 Å². The Balaban J connectivity index is 1.30. The fourth-order valence-electron chi connectivity index (χ4n) is 4.59. The Morgan fingerprint density at radius 1 is 0.930 bits per heavy atom. The Morgan fingerprint density at radius 3 is 2.44 bits per heavy atom.